The highest BCUT2D eigenvalue weighted by atomic mass is 32.2. The highest BCUT2D eigenvalue weighted by Gasteiger charge is 2.00. The molecule has 0 spiro atoms. The second-order valence-corrected chi connectivity index (χ2v) is 6.24. The molecule has 0 amide bonds. The Kier molecular flexibility index (Phi) is 10.6. The van der Waals surface area contributed by atoms with E-state index >= 15 is 0 Å². The van der Waals surface area contributed by atoms with Crippen LogP contribution in [0.2, 0.25) is 0 Å². The first-order valence-electron chi connectivity index (χ1n) is 7.99. The van der Waals surface area contributed by atoms with Crippen LogP contribution in [0.15, 0.2) is 35.3 Å². The molecule has 0 radical (unpaired) electrons. The Bertz CT molecular complexity index is 408. The first kappa shape index (κ1) is 18.8. The van der Waals surface area contributed by atoms with Crippen molar-refractivity contribution in [2.75, 3.05) is 45.2 Å². The molecule has 2 N–H and O–H groups in total. The van der Waals surface area contributed by atoms with Crippen molar-refractivity contribution in [1.82, 2.24) is 15.5 Å². The van der Waals surface area contributed by atoms with E-state index in [2.05, 4.69) is 71.1 Å². The van der Waals surface area contributed by atoms with Crippen molar-refractivity contribution in [3.63, 3.8) is 0 Å². The van der Waals surface area contributed by atoms with E-state index in [-0.39, 0.29) is 0 Å². The van der Waals surface area contributed by atoms with E-state index in [4.69, 9.17) is 0 Å². The Balaban J connectivity index is 2.23. The number of nitrogens with zero attached hydrogens (tertiary/aromatic N) is 2. The Morgan fingerprint density at radius 2 is 2.00 bits per heavy atom. The third-order valence-corrected chi connectivity index (χ3v) is 3.82. The van der Waals surface area contributed by atoms with Crippen LogP contribution in [0.25, 0.3) is 0 Å². The quantitative estimate of drug-likeness (QED) is 0.394. The summed E-state index contributed by atoms with van der Waals surface area (Å²) in [7, 11) is 2.17. The van der Waals surface area contributed by atoms with E-state index in [9.17, 15) is 0 Å². The van der Waals surface area contributed by atoms with Gasteiger partial charge in [-0.25, -0.2) is 0 Å². The molecule has 0 aliphatic rings. The molecule has 0 fully saturated rings. The third-order valence-electron chi connectivity index (χ3n) is 3.21. The van der Waals surface area contributed by atoms with Crippen molar-refractivity contribution in [1.29, 1.82) is 0 Å². The SMILES string of the molecule is CCNC(=NCCCN(C)Cc1ccccc1)NCCSC. The topological polar surface area (TPSA) is 39.7 Å². The number of hydrogen-bond acceptors (Lipinski definition) is 3. The van der Waals surface area contributed by atoms with E-state index in [1.807, 2.05) is 11.8 Å². The van der Waals surface area contributed by atoms with Gasteiger partial charge in [0.15, 0.2) is 5.96 Å². The van der Waals surface area contributed by atoms with Crippen LogP contribution in [0, 0.1) is 0 Å². The molecule has 0 aromatic heterocycles. The van der Waals surface area contributed by atoms with Gasteiger partial charge in [0.2, 0.25) is 0 Å². The normalized spacial score (nSPS) is 11.7. The fourth-order valence-corrected chi connectivity index (χ4v) is 2.43. The lowest BCUT2D eigenvalue weighted by atomic mass is 10.2. The maximum Gasteiger partial charge on any atom is 0.191 e. The third kappa shape index (κ3) is 8.95. The molecule has 0 atom stereocenters. The van der Waals surface area contributed by atoms with E-state index in [0.29, 0.717) is 0 Å². The summed E-state index contributed by atoms with van der Waals surface area (Å²) >= 11 is 1.84. The summed E-state index contributed by atoms with van der Waals surface area (Å²) in [4.78, 5) is 6.97. The monoisotopic (exact) mass is 322 g/mol. The molecule has 0 unspecified atom stereocenters. The maximum atomic E-state index is 4.62. The van der Waals surface area contributed by atoms with Crippen molar-refractivity contribution in [2.24, 2.45) is 4.99 Å². The number of benzene rings is 1. The Morgan fingerprint density at radius 3 is 2.68 bits per heavy atom. The highest BCUT2D eigenvalue weighted by Crippen LogP contribution is 2.02. The molecular weight excluding hydrogens is 292 g/mol. The van der Waals surface area contributed by atoms with Gasteiger partial charge in [-0.3, -0.25) is 4.99 Å². The van der Waals surface area contributed by atoms with Gasteiger partial charge in [0, 0.05) is 31.9 Å². The van der Waals surface area contributed by atoms with Crippen LogP contribution in [0.1, 0.15) is 18.9 Å². The lowest BCUT2D eigenvalue weighted by molar-refractivity contribution is 0.324. The molecular formula is C17H30N4S. The minimum Gasteiger partial charge on any atom is -0.357 e. The molecule has 0 aliphatic heterocycles. The van der Waals surface area contributed by atoms with Crippen LogP contribution >= 0.6 is 11.8 Å². The van der Waals surface area contributed by atoms with Gasteiger partial charge in [0.25, 0.3) is 0 Å². The van der Waals surface area contributed by atoms with Crippen LogP contribution in [0.4, 0.5) is 0 Å². The van der Waals surface area contributed by atoms with Gasteiger partial charge in [-0.1, -0.05) is 30.3 Å². The van der Waals surface area contributed by atoms with Gasteiger partial charge in [-0.05, 0) is 38.8 Å². The summed E-state index contributed by atoms with van der Waals surface area (Å²) in [6.07, 6.45) is 3.19. The predicted molar refractivity (Wildman–Crippen MR) is 99.8 cm³/mol. The predicted octanol–water partition coefficient (Wildman–Crippen LogP) is 2.43. The number of thioether (sulfide) groups is 1. The van der Waals surface area contributed by atoms with Crippen LogP contribution in [-0.4, -0.2) is 56.1 Å². The van der Waals surface area contributed by atoms with Gasteiger partial charge in [0.05, 0.1) is 0 Å². The first-order chi connectivity index (χ1) is 10.8. The number of aliphatic imine (C=N–C) groups is 1. The average Bonchev–Trinajstić information content (AvgIpc) is 2.52. The highest BCUT2D eigenvalue weighted by molar-refractivity contribution is 7.98. The maximum absolute atomic E-state index is 4.62. The van der Waals surface area contributed by atoms with Crippen molar-refractivity contribution < 1.29 is 0 Å². The Morgan fingerprint density at radius 1 is 1.23 bits per heavy atom. The van der Waals surface area contributed by atoms with E-state index < -0.39 is 0 Å². The fourth-order valence-electron chi connectivity index (χ4n) is 2.12. The zero-order chi connectivity index (χ0) is 16.0. The number of guanidine groups is 1. The molecule has 4 nitrogen and oxygen atoms in total. The summed E-state index contributed by atoms with van der Waals surface area (Å²) < 4.78 is 0. The molecule has 0 aliphatic carbocycles. The van der Waals surface area contributed by atoms with E-state index in [0.717, 1.165) is 50.9 Å². The van der Waals surface area contributed by atoms with Crippen LogP contribution in [0.3, 0.4) is 0 Å². The van der Waals surface area contributed by atoms with Gasteiger partial charge < -0.3 is 15.5 Å². The van der Waals surface area contributed by atoms with Crippen LogP contribution in [0.5, 0.6) is 0 Å². The first-order valence-corrected chi connectivity index (χ1v) is 9.39. The summed E-state index contributed by atoms with van der Waals surface area (Å²) in [5.74, 6) is 2.03. The average molecular weight is 323 g/mol. The van der Waals surface area contributed by atoms with Crippen molar-refractivity contribution in [3.8, 4) is 0 Å². The minimum absolute atomic E-state index is 0.855. The van der Waals surface area contributed by atoms with E-state index in [1.54, 1.807) is 0 Å². The van der Waals surface area contributed by atoms with Crippen LogP contribution in [-0.2, 0) is 6.54 Å². The second-order valence-electron chi connectivity index (χ2n) is 5.26. The minimum atomic E-state index is 0.855. The zero-order valence-electron chi connectivity index (χ0n) is 14.1. The molecule has 124 valence electrons. The van der Waals surface area contributed by atoms with Crippen molar-refractivity contribution in [3.05, 3.63) is 35.9 Å². The van der Waals surface area contributed by atoms with Crippen LogP contribution < -0.4 is 10.6 Å². The number of rotatable bonds is 10. The summed E-state index contributed by atoms with van der Waals surface area (Å²) in [5, 5.41) is 6.64. The van der Waals surface area contributed by atoms with Crippen molar-refractivity contribution in [2.45, 2.75) is 19.9 Å². The zero-order valence-corrected chi connectivity index (χ0v) is 15.0. The van der Waals surface area contributed by atoms with Gasteiger partial charge in [0.1, 0.15) is 0 Å². The molecule has 1 aromatic rings. The molecule has 0 saturated heterocycles. The van der Waals surface area contributed by atoms with Gasteiger partial charge in [-0.2, -0.15) is 11.8 Å². The Hall–Kier alpha value is -1.20. The molecule has 1 aromatic carbocycles. The number of nitrogens with one attached hydrogen (secondary N) is 2. The van der Waals surface area contributed by atoms with Crippen molar-refractivity contribution >= 4 is 17.7 Å². The molecule has 0 heterocycles. The summed E-state index contributed by atoms with van der Waals surface area (Å²) in [6.45, 7) is 6.87. The molecule has 0 bridgehead atoms. The van der Waals surface area contributed by atoms with Gasteiger partial charge >= 0.3 is 0 Å². The lowest BCUT2D eigenvalue weighted by Crippen LogP contribution is -2.38. The summed E-state index contributed by atoms with van der Waals surface area (Å²) in [5.41, 5.74) is 1.36. The smallest absolute Gasteiger partial charge is 0.191 e. The fraction of sp³-hybridized carbons (Fsp3) is 0.588. The largest absolute Gasteiger partial charge is 0.357 e. The second kappa shape index (κ2) is 12.4. The molecule has 22 heavy (non-hydrogen) atoms. The number of hydrogen-bond donors (Lipinski definition) is 2. The standard InChI is InChI=1S/C17H30N4S/c1-4-18-17(20-12-14-22-3)19-11-8-13-21(2)15-16-9-6-5-7-10-16/h5-7,9-10H,4,8,11-15H2,1-3H3,(H2,18,19,20). The molecule has 1 rings (SSSR count). The molecule has 0 saturated carbocycles. The van der Waals surface area contributed by atoms with Gasteiger partial charge in [-0.15, -0.1) is 0 Å². The molecule has 5 heteroatoms. The summed E-state index contributed by atoms with van der Waals surface area (Å²) in [6, 6.07) is 10.6. The Labute approximate surface area is 139 Å². The van der Waals surface area contributed by atoms with E-state index in [1.165, 1.54) is 5.56 Å². The lowest BCUT2D eigenvalue weighted by Gasteiger charge is -2.16.